The normalized spacial score (nSPS) is 16.0. The SMILES string of the molecule is COc1ccc([C@@H](c2cccs2)c2ccccc2OCCN2CCCCCC2)cc1. The van der Waals surface area contributed by atoms with E-state index in [0.717, 1.165) is 24.7 Å². The van der Waals surface area contributed by atoms with Gasteiger partial charge in [-0.05, 0) is 61.1 Å². The maximum absolute atomic E-state index is 6.36. The van der Waals surface area contributed by atoms with Crippen molar-refractivity contribution in [1.82, 2.24) is 4.90 Å². The zero-order valence-corrected chi connectivity index (χ0v) is 18.6. The number of hydrogen-bond acceptors (Lipinski definition) is 4. The van der Waals surface area contributed by atoms with Gasteiger partial charge >= 0.3 is 0 Å². The fourth-order valence-corrected chi connectivity index (χ4v) is 5.11. The third-order valence-electron chi connectivity index (χ3n) is 5.87. The van der Waals surface area contributed by atoms with Gasteiger partial charge in [0.05, 0.1) is 7.11 Å². The van der Waals surface area contributed by atoms with Crippen LogP contribution in [0.2, 0.25) is 0 Å². The first-order chi connectivity index (χ1) is 14.8. The molecule has 1 atom stereocenters. The molecule has 4 heteroatoms. The number of hydrogen-bond donors (Lipinski definition) is 0. The lowest BCUT2D eigenvalue weighted by Gasteiger charge is -2.23. The van der Waals surface area contributed by atoms with Crippen molar-refractivity contribution in [3.05, 3.63) is 82.0 Å². The number of likely N-dealkylation sites (tertiary alicyclic amines) is 1. The van der Waals surface area contributed by atoms with Crippen LogP contribution in [0.4, 0.5) is 0 Å². The van der Waals surface area contributed by atoms with Crippen LogP contribution in [0.1, 0.15) is 47.6 Å². The zero-order valence-electron chi connectivity index (χ0n) is 17.8. The first-order valence-electron chi connectivity index (χ1n) is 11.0. The van der Waals surface area contributed by atoms with E-state index in [9.17, 15) is 0 Å². The lowest BCUT2D eigenvalue weighted by Crippen LogP contribution is -2.29. The molecule has 2 heterocycles. The highest BCUT2D eigenvalue weighted by molar-refractivity contribution is 7.10. The molecule has 1 saturated heterocycles. The predicted octanol–water partition coefficient (Wildman–Crippen LogP) is 6.19. The summed E-state index contributed by atoms with van der Waals surface area (Å²) in [6.07, 6.45) is 5.36. The Morgan fingerprint density at radius 2 is 1.67 bits per heavy atom. The molecule has 2 aromatic carbocycles. The van der Waals surface area contributed by atoms with Crippen LogP contribution in [0.25, 0.3) is 0 Å². The van der Waals surface area contributed by atoms with Gasteiger partial charge < -0.3 is 9.47 Å². The van der Waals surface area contributed by atoms with E-state index >= 15 is 0 Å². The van der Waals surface area contributed by atoms with Gasteiger partial charge in [-0.1, -0.05) is 49.2 Å². The number of para-hydroxylation sites is 1. The predicted molar refractivity (Wildman–Crippen MR) is 125 cm³/mol. The van der Waals surface area contributed by atoms with Crippen molar-refractivity contribution < 1.29 is 9.47 Å². The smallest absolute Gasteiger partial charge is 0.123 e. The Morgan fingerprint density at radius 3 is 2.37 bits per heavy atom. The Kier molecular flexibility index (Phi) is 7.44. The van der Waals surface area contributed by atoms with Crippen LogP contribution in [0.15, 0.2) is 66.0 Å². The van der Waals surface area contributed by atoms with Gasteiger partial charge in [0, 0.05) is 22.9 Å². The fraction of sp³-hybridized carbons (Fsp3) is 0.385. The van der Waals surface area contributed by atoms with Crippen LogP contribution < -0.4 is 9.47 Å². The van der Waals surface area contributed by atoms with Crippen molar-refractivity contribution >= 4 is 11.3 Å². The molecule has 0 radical (unpaired) electrons. The van der Waals surface area contributed by atoms with Gasteiger partial charge in [0.25, 0.3) is 0 Å². The van der Waals surface area contributed by atoms with Crippen molar-refractivity contribution in [3.8, 4) is 11.5 Å². The summed E-state index contributed by atoms with van der Waals surface area (Å²) in [5.41, 5.74) is 2.47. The van der Waals surface area contributed by atoms with Crippen molar-refractivity contribution in [3.63, 3.8) is 0 Å². The summed E-state index contributed by atoms with van der Waals surface area (Å²) < 4.78 is 11.7. The number of ether oxygens (including phenoxy) is 2. The van der Waals surface area contributed by atoms with Gasteiger partial charge in [-0.3, -0.25) is 4.90 Å². The van der Waals surface area contributed by atoms with Crippen molar-refractivity contribution in [2.24, 2.45) is 0 Å². The number of benzene rings is 2. The van der Waals surface area contributed by atoms with E-state index in [1.54, 1.807) is 18.4 Å². The largest absolute Gasteiger partial charge is 0.497 e. The maximum atomic E-state index is 6.36. The van der Waals surface area contributed by atoms with E-state index < -0.39 is 0 Å². The molecule has 158 valence electrons. The van der Waals surface area contributed by atoms with Gasteiger partial charge in [-0.15, -0.1) is 11.3 Å². The van der Waals surface area contributed by atoms with E-state index in [0.29, 0.717) is 0 Å². The standard InChI is InChI=1S/C26H31NO2S/c1-28-22-14-12-21(13-15-22)26(25-11-8-20-30-25)23-9-4-5-10-24(23)29-19-18-27-16-6-2-3-7-17-27/h4-5,8-15,20,26H,2-3,6-7,16-19H2,1H3/t26-/m1/s1. The summed E-state index contributed by atoms with van der Waals surface area (Å²) in [7, 11) is 1.71. The van der Waals surface area contributed by atoms with Crippen LogP contribution in [0, 0.1) is 0 Å². The average molecular weight is 422 g/mol. The summed E-state index contributed by atoms with van der Waals surface area (Å²) in [6, 6.07) is 21.3. The van der Waals surface area contributed by atoms with Crippen molar-refractivity contribution in [2.75, 3.05) is 33.4 Å². The second kappa shape index (κ2) is 10.6. The van der Waals surface area contributed by atoms with Crippen molar-refractivity contribution in [2.45, 2.75) is 31.6 Å². The Morgan fingerprint density at radius 1 is 0.900 bits per heavy atom. The van der Waals surface area contributed by atoms with Gasteiger partial charge in [0.2, 0.25) is 0 Å². The number of rotatable bonds is 8. The molecule has 3 nitrogen and oxygen atoms in total. The minimum atomic E-state index is 0.158. The van der Waals surface area contributed by atoms with Crippen LogP contribution >= 0.6 is 11.3 Å². The second-order valence-electron chi connectivity index (χ2n) is 7.86. The average Bonchev–Trinajstić information content (AvgIpc) is 3.19. The number of nitrogens with zero attached hydrogens (tertiary/aromatic N) is 1. The Balaban J connectivity index is 1.55. The summed E-state index contributed by atoms with van der Waals surface area (Å²) >= 11 is 1.79. The fourth-order valence-electron chi connectivity index (χ4n) is 4.24. The summed E-state index contributed by atoms with van der Waals surface area (Å²) in [6.45, 7) is 4.14. The van der Waals surface area contributed by atoms with E-state index in [1.165, 1.54) is 54.8 Å². The lowest BCUT2D eigenvalue weighted by molar-refractivity contribution is 0.213. The van der Waals surface area contributed by atoms with Gasteiger partial charge in [-0.2, -0.15) is 0 Å². The van der Waals surface area contributed by atoms with Gasteiger partial charge in [0.15, 0.2) is 0 Å². The molecule has 1 aliphatic heterocycles. The van der Waals surface area contributed by atoms with E-state index in [-0.39, 0.29) is 5.92 Å². The molecule has 3 aromatic rings. The molecule has 1 aromatic heterocycles. The maximum Gasteiger partial charge on any atom is 0.123 e. The molecule has 0 N–H and O–H groups in total. The summed E-state index contributed by atoms with van der Waals surface area (Å²) in [4.78, 5) is 3.87. The first kappa shape index (κ1) is 21.0. The third kappa shape index (κ3) is 5.24. The van der Waals surface area contributed by atoms with Gasteiger partial charge in [0.1, 0.15) is 18.1 Å². The van der Waals surface area contributed by atoms with Crippen LogP contribution in [-0.4, -0.2) is 38.3 Å². The molecule has 0 saturated carbocycles. The monoisotopic (exact) mass is 421 g/mol. The molecule has 30 heavy (non-hydrogen) atoms. The molecule has 1 aliphatic rings. The number of methoxy groups -OCH3 is 1. The highest BCUT2D eigenvalue weighted by Crippen LogP contribution is 2.39. The highest BCUT2D eigenvalue weighted by Gasteiger charge is 2.22. The van der Waals surface area contributed by atoms with Gasteiger partial charge in [-0.25, -0.2) is 0 Å². The minimum Gasteiger partial charge on any atom is -0.497 e. The third-order valence-corrected chi connectivity index (χ3v) is 6.81. The van der Waals surface area contributed by atoms with E-state index in [2.05, 4.69) is 58.8 Å². The topological polar surface area (TPSA) is 21.7 Å². The lowest BCUT2D eigenvalue weighted by atomic mass is 9.89. The Hall–Kier alpha value is -2.30. The van der Waals surface area contributed by atoms with Crippen LogP contribution in [-0.2, 0) is 0 Å². The quantitative estimate of drug-likeness (QED) is 0.433. The zero-order chi connectivity index (χ0) is 20.6. The molecule has 0 amide bonds. The molecular formula is C26H31NO2S. The second-order valence-corrected chi connectivity index (χ2v) is 8.84. The minimum absolute atomic E-state index is 0.158. The van der Waals surface area contributed by atoms with Crippen molar-refractivity contribution in [1.29, 1.82) is 0 Å². The van der Waals surface area contributed by atoms with E-state index in [1.807, 2.05) is 12.1 Å². The number of thiophene rings is 1. The first-order valence-corrected chi connectivity index (χ1v) is 11.8. The molecular weight excluding hydrogens is 390 g/mol. The summed E-state index contributed by atoms with van der Waals surface area (Å²) in [5, 5.41) is 2.15. The molecule has 0 bridgehead atoms. The van der Waals surface area contributed by atoms with Crippen LogP contribution in [0.5, 0.6) is 11.5 Å². The van der Waals surface area contributed by atoms with Crippen LogP contribution in [0.3, 0.4) is 0 Å². The van der Waals surface area contributed by atoms with E-state index in [4.69, 9.17) is 9.47 Å². The Labute approximate surface area is 184 Å². The highest BCUT2D eigenvalue weighted by atomic mass is 32.1. The molecule has 0 unspecified atom stereocenters. The molecule has 0 aliphatic carbocycles. The Bertz CT molecular complexity index is 884. The molecule has 1 fully saturated rings. The molecule has 4 rings (SSSR count). The molecule has 0 spiro atoms. The summed E-state index contributed by atoms with van der Waals surface area (Å²) in [5.74, 6) is 2.03.